The molecule has 0 spiro atoms. The molecule has 0 radical (unpaired) electrons. The van der Waals surface area contributed by atoms with Gasteiger partial charge in [0.1, 0.15) is 0 Å². The lowest BCUT2D eigenvalue weighted by molar-refractivity contribution is 0.0801. The van der Waals surface area contributed by atoms with Crippen molar-refractivity contribution in [3.8, 4) is 0 Å². The van der Waals surface area contributed by atoms with E-state index in [4.69, 9.17) is 0 Å². The van der Waals surface area contributed by atoms with Crippen LogP contribution in [0.3, 0.4) is 0 Å². The van der Waals surface area contributed by atoms with Crippen LogP contribution in [0.25, 0.3) is 10.9 Å². The predicted molar refractivity (Wildman–Crippen MR) is 80.5 cm³/mol. The lowest BCUT2D eigenvalue weighted by Gasteiger charge is -2.17. The minimum absolute atomic E-state index is 0.622. The molecular weight excluding hydrogens is 236 g/mol. The number of fused-ring (bicyclic) bond motifs is 1. The number of hydrogen-bond donors (Lipinski definition) is 2. The molecule has 104 valence electrons. The maximum atomic E-state index is 9.68. The van der Waals surface area contributed by atoms with Crippen molar-refractivity contribution in [1.82, 2.24) is 9.88 Å². The second kappa shape index (κ2) is 5.35. The van der Waals surface area contributed by atoms with Crippen LogP contribution in [0.4, 0.5) is 0 Å². The highest BCUT2D eigenvalue weighted by atomic mass is 16.3. The fourth-order valence-electron chi connectivity index (χ4n) is 2.52. The Morgan fingerprint density at radius 1 is 1.26 bits per heavy atom. The second-order valence-corrected chi connectivity index (χ2v) is 5.88. The van der Waals surface area contributed by atoms with Gasteiger partial charge in [0.25, 0.3) is 0 Å². The highest BCUT2D eigenvalue weighted by Crippen LogP contribution is 2.24. The molecule has 1 aromatic heterocycles. The fraction of sp³-hybridized carbons (Fsp3) is 0.500. The monoisotopic (exact) mass is 260 g/mol. The van der Waals surface area contributed by atoms with Crippen LogP contribution >= 0.6 is 0 Å². The molecule has 0 amide bonds. The Hall–Kier alpha value is -1.32. The second-order valence-electron chi connectivity index (χ2n) is 5.88. The summed E-state index contributed by atoms with van der Waals surface area (Å²) >= 11 is 0. The van der Waals surface area contributed by atoms with E-state index < -0.39 is 5.60 Å². The molecular formula is C16H24N2O. The Balaban J connectivity index is 2.11. The van der Waals surface area contributed by atoms with Gasteiger partial charge in [0.05, 0.1) is 5.60 Å². The molecule has 0 saturated heterocycles. The topological polar surface area (TPSA) is 37.2 Å². The standard InChI is InChI=1S/C16H24N2O/c1-12-13(9-10-17-11-16(2,3)19)14-7-5-6-8-15(14)18(12)4/h5-8,17,19H,9-11H2,1-4H3. The van der Waals surface area contributed by atoms with Crippen LogP contribution in [-0.4, -0.2) is 28.4 Å². The molecule has 0 aliphatic heterocycles. The van der Waals surface area contributed by atoms with Crippen molar-refractivity contribution in [2.75, 3.05) is 13.1 Å². The van der Waals surface area contributed by atoms with Gasteiger partial charge in [0, 0.05) is 30.2 Å². The largest absolute Gasteiger partial charge is 0.389 e. The maximum Gasteiger partial charge on any atom is 0.0715 e. The Kier molecular flexibility index (Phi) is 3.97. The van der Waals surface area contributed by atoms with Gasteiger partial charge in [-0.2, -0.15) is 0 Å². The van der Waals surface area contributed by atoms with E-state index >= 15 is 0 Å². The summed E-state index contributed by atoms with van der Waals surface area (Å²) in [6.45, 7) is 7.33. The molecule has 1 aromatic carbocycles. The first-order chi connectivity index (χ1) is 8.90. The van der Waals surface area contributed by atoms with Gasteiger partial charge in [-0.3, -0.25) is 0 Å². The smallest absolute Gasteiger partial charge is 0.0715 e. The number of aromatic nitrogens is 1. The zero-order chi connectivity index (χ0) is 14.0. The number of rotatable bonds is 5. The van der Waals surface area contributed by atoms with Crippen LogP contribution in [0.2, 0.25) is 0 Å². The summed E-state index contributed by atoms with van der Waals surface area (Å²) in [5, 5.41) is 14.3. The molecule has 0 bridgehead atoms. The Bertz CT molecular complexity index is 564. The Morgan fingerprint density at radius 2 is 1.95 bits per heavy atom. The summed E-state index contributed by atoms with van der Waals surface area (Å²) in [4.78, 5) is 0. The summed E-state index contributed by atoms with van der Waals surface area (Å²) in [6.07, 6.45) is 0.989. The van der Waals surface area contributed by atoms with E-state index in [2.05, 4.69) is 48.1 Å². The molecule has 19 heavy (non-hydrogen) atoms. The summed E-state index contributed by atoms with van der Waals surface area (Å²) in [5.41, 5.74) is 3.37. The first-order valence-electron chi connectivity index (χ1n) is 6.86. The van der Waals surface area contributed by atoms with Gasteiger partial charge in [0.15, 0.2) is 0 Å². The van der Waals surface area contributed by atoms with Gasteiger partial charge in [-0.05, 0) is 45.4 Å². The summed E-state index contributed by atoms with van der Waals surface area (Å²) in [6, 6.07) is 8.53. The predicted octanol–water partition coefficient (Wildman–Crippen LogP) is 2.39. The van der Waals surface area contributed by atoms with Crippen molar-refractivity contribution in [2.24, 2.45) is 7.05 Å². The average Bonchev–Trinajstić information content (AvgIpc) is 2.58. The highest BCUT2D eigenvalue weighted by Gasteiger charge is 2.13. The molecule has 2 N–H and O–H groups in total. The zero-order valence-electron chi connectivity index (χ0n) is 12.3. The highest BCUT2D eigenvalue weighted by molar-refractivity contribution is 5.85. The molecule has 0 aliphatic carbocycles. The van der Waals surface area contributed by atoms with Crippen molar-refractivity contribution in [1.29, 1.82) is 0 Å². The van der Waals surface area contributed by atoms with E-state index in [1.54, 1.807) is 0 Å². The molecule has 1 heterocycles. The zero-order valence-corrected chi connectivity index (χ0v) is 12.3. The Labute approximate surface area is 115 Å². The first kappa shape index (κ1) is 14.1. The molecule has 2 aromatic rings. The van der Waals surface area contributed by atoms with Crippen molar-refractivity contribution in [3.63, 3.8) is 0 Å². The number of para-hydroxylation sites is 1. The molecule has 0 aliphatic rings. The number of nitrogens with zero attached hydrogens (tertiary/aromatic N) is 1. The number of benzene rings is 1. The van der Waals surface area contributed by atoms with Crippen molar-refractivity contribution in [3.05, 3.63) is 35.5 Å². The molecule has 0 fully saturated rings. The molecule has 0 atom stereocenters. The van der Waals surface area contributed by atoms with Crippen LogP contribution in [0.1, 0.15) is 25.1 Å². The molecule has 3 heteroatoms. The number of hydrogen-bond acceptors (Lipinski definition) is 2. The van der Waals surface area contributed by atoms with E-state index in [0.29, 0.717) is 6.54 Å². The summed E-state index contributed by atoms with van der Waals surface area (Å²) in [7, 11) is 2.12. The van der Waals surface area contributed by atoms with Crippen LogP contribution in [0.15, 0.2) is 24.3 Å². The third-order valence-electron chi connectivity index (χ3n) is 3.64. The number of aryl methyl sites for hydroxylation is 1. The normalized spacial score (nSPS) is 12.3. The lowest BCUT2D eigenvalue weighted by atomic mass is 10.1. The minimum Gasteiger partial charge on any atom is -0.389 e. The van der Waals surface area contributed by atoms with Gasteiger partial charge >= 0.3 is 0 Å². The average molecular weight is 260 g/mol. The first-order valence-corrected chi connectivity index (χ1v) is 6.86. The maximum absolute atomic E-state index is 9.68. The third-order valence-corrected chi connectivity index (χ3v) is 3.64. The molecule has 2 rings (SSSR count). The van der Waals surface area contributed by atoms with E-state index in [0.717, 1.165) is 13.0 Å². The summed E-state index contributed by atoms with van der Waals surface area (Å²) < 4.78 is 2.25. The number of aliphatic hydroxyl groups is 1. The van der Waals surface area contributed by atoms with Gasteiger partial charge in [-0.25, -0.2) is 0 Å². The fourth-order valence-corrected chi connectivity index (χ4v) is 2.52. The van der Waals surface area contributed by atoms with E-state index in [9.17, 15) is 5.11 Å². The van der Waals surface area contributed by atoms with E-state index in [-0.39, 0.29) is 0 Å². The van der Waals surface area contributed by atoms with Gasteiger partial charge < -0.3 is 15.0 Å². The number of nitrogens with one attached hydrogen (secondary N) is 1. The quantitative estimate of drug-likeness (QED) is 0.810. The van der Waals surface area contributed by atoms with Gasteiger partial charge in [-0.15, -0.1) is 0 Å². The van der Waals surface area contributed by atoms with Crippen LogP contribution in [0.5, 0.6) is 0 Å². The molecule has 0 unspecified atom stereocenters. The lowest BCUT2D eigenvalue weighted by Crippen LogP contribution is -2.35. The van der Waals surface area contributed by atoms with Crippen molar-refractivity contribution < 1.29 is 5.11 Å². The van der Waals surface area contributed by atoms with Crippen LogP contribution < -0.4 is 5.32 Å². The third kappa shape index (κ3) is 3.17. The van der Waals surface area contributed by atoms with Gasteiger partial charge in [-0.1, -0.05) is 18.2 Å². The minimum atomic E-state index is -0.645. The molecule has 3 nitrogen and oxygen atoms in total. The summed E-state index contributed by atoms with van der Waals surface area (Å²) in [5.74, 6) is 0. The van der Waals surface area contributed by atoms with Gasteiger partial charge in [0.2, 0.25) is 0 Å². The van der Waals surface area contributed by atoms with E-state index in [1.165, 1.54) is 22.2 Å². The van der Waals surface area contributed by atoms with Crippen molar-refractivity contribution in [2.45, 2.75) is 32.8 Å². The van der Waals surface area contributed by atoms with Crippen molar-refractivity contribution >= 4 is 10.9 Å². The Morgan fingerprint density at radius 3 is 2.63 bits per heavy atom. The van der Waals surface area contributed by atoms with E-state index in [1.807, 2.05) is 13.8 Å². The van der Waals surface area contributed by atoms with Crippen LogP contribution in [0, 0.1) is 6.92 Å². The SMILES string of the molecule is Cc1c(CCNCC(C)(C)O)c2ccccc2n1C. The van der Waals surface area contributed by atoms with Crippen LogP contribution in [-0.2, 0) is 13.5 Å². The molecule has 0 saturated carbocycles.